The first kappa shape index (κ1) is 25.6. The predicted octanol–water partition coefficient (Wildman–Crippen LogP) is -0.185. The maximum atomic E-state index is 12.6. The summed E-state index contributed by atoms with van der Waals surface area (Å²) >= 11 is 4.18. The van der Waals surface area contributed by atoms with E-state index in [4.69, 9.17) is 10.5 Å². The Hall–Kier alpha value is -2.41. The molecule has 0 radical (unpaired) electrons. The van der Waals surface area contributed by atoms with Crippen molar-refractivity contribution in [3.8, 4) is 0 Å². The number of carbonyl (C=O) groups is 4. The average Bonchev–Trinajstić information content (AvgIpc) is 3.18. The van der Waals surface area contributed by atoms with E-state index in [1.807, 2.05) is 0 Å². The van der Waals surface area contributed by atoms with Crippen molar-refractivity contribution in [3.63, 3.8) is 0 Å². The van der Waals surface area contributed by atoms with Crippen molar-refractivity contribution in [2.24, 2.45) is 11.7 Å². The maximum Gasteiger partial charge on any atom is 0.326 e. The number of thiol groups is 1. The second-order valence-corrected chi connectivity index (χ2v) is 7.52. The summed E-state index contributed by atoms with van der Waals surface area (Å²) in [5.41, 5.74) is 5.76. The summed E-state index contributed by atoms with van der Waals surface area (Å²) in [7, 11) is 0. The third kappa shape index (κ3) is 7.78. The quantitative estimate of drug-likeness (QED) is 0.112. The van der Waals surface area contributed by atoms with Crippen LogP contribution in [0, 0.1) is 16.0 Å². The van der Waals surface area contributed by atoms with E-state index in [-0.39, 0.29) is 13.2 Å². The molecule has 3 N–H and O–H groups in total. The van der Waals surface area contributed by atoms with Crippen LogP contribution in [0.25, 0.3) is 0 Å². The summed E-state index contributed by atoms with van der Waals surface area (Å²) in [5.74, 6) is -3.86. The number of carboxylic acid groups (broad SMARTS) is 1. The zero-order valence-electron chi connectivity index (χ0n) is 16.6. The number of aliphatic carboxylic acids is 1. The van der Waals surface area contributed by atoms with Crippen molar-refractivity contribution >= 4 is 36.3 Å². The van der Waals surface area contributed by atoms with Gasteiger partial charge in [0, 0.05) is 6.54 Å². The highest BCUT2D eigenvalue weighted by Crippen LogP contribution is 2.23. The summed E-state index contributed by atoms with van der Waals surface area (Å²) in [6, 6.07) is -2.16. The molecule has 13 heteroatoms. The number of ether oxygens (including phenoxy) is 1. The van der Waals surface area contributed by atoms with Crippen LogP contribution in [0.15, 0.2) is 0 Å². The summed E-state index contributed by atoms with van der Waals surface area (Å²) in [4.78, 5) is 63.4. The van der Waals surface area contributed by atoms with Gasteiger partial charge in [-0.15, -0.1) is 10.1 Å². The van der Waals surface area contributed by atoms with E-state index in [1.54, 1.807) is 0 Å². The van der Waals surface area contributed by atoms with Gasteiger partial charge in [0.05, 0.1) is 36.8 Å². The number of likely N-dealkylation sites (tertiary alicyclic amines) is 1. The third-order valence-electron chi connectivity index (χ3n) is 4.73. The molecule has 0 saturated carbocycles. The zero-order chi connectivity index (χ0) is 22.8. The predicted molar refractivity (Wildman–Crippen MR) is 105 cm³/mol. The number of hydrogen-bond donors (Lipinski definition) is 3. The highest BCUT2D eigenvalue weighted by Gasteiger charge is 2.39. The number of esters is 1. The van der Waals surface area contributed by atoms with Gasteiger partial charge in [-0.2, -0.15) is 12.6 Å². The molecule has 1 unspecified atom stereocenters. The van der Waals surface area contributed by atoms with Crippen LogP contribution in [0.5, 0.6) is 0 Å². The molecule has 30 heavy (non-hydrogen) atoms. The highest BCUT2D eigenvalue weighted by molar-refractivity contribution is 7.81. The summed E-state index contributed by atoms with van der Waals surface area (Å²) < 4.78 is 4.92. The molecular formula is C17H27N3O9S. The number of ketones is 1. The van der Waals surface area contributed by atoms with Gasteiger partial charge in [-0.25, -0.2) is 4.79 Å². The first-order chi connectivity index (χ1) is 14.1. The monoisotopic (exact) mass is 449 g/mol. The number of carboxylic acids is 1. The van der Waals surface area contributed by atoms with Crippen LogP contribution in [-0.4, -0.2) is 75.8 Å². The molecule has 0 aromatic rings. The van der Waals surface area contributed by atoms with E-state index in [2.05, 4.69) is 17.5 Å². The fourth-order valence-electron chi connectivity index (χ4n) is 3.02. The maximum absolute atomic E-state index is 12.6. The van der Waals surface area contributed by atoms with E-state index in [0.29, 0.717) is 32.2 Å². The van der Waals surface area contributed by atoms with Crippen molar-refractivity contribution in [1.29, 1.82) is 0 Å². The molecule has 0 spiro atoms. The Morgan fingerprint density at radius 1 is 1.30 bits per heavy atom. The molecule has 0 aliphatic carbocycles. The van der Waals surface area contributed by atoms with Crippen molar-refractivity contribution in [2.75, 3.05) is 19.8 Å². The smallest absolute Gasteiger partial charge is 0.326 e. The molecule has 1 saturated heterocycles. The zero-order valence-corrected chi connectivity index (χ0v) is 17.5. The molecule has 4 atom stereocenters. The number of nitrogens with zero attached hydrogens (tertiary/aromatic N) is 2. The molecule has 0 bridgehead atoms. The normalized spacial score (nSPS) is 18.9. The Morgan fingerprint density at radius 2 is 1.93 bits per heavy atom. The standard InChI is InChI=1S/C17H27N3O9S/c1-10(16(23)19-6-4-5-12(19)17(24)25)15(30)14(22)11(18)9-13(21)28-7-2-3-8-29-20(26)27/h10-12,15,30H,2-9,18H2,1H3,(H,24,25)/t10-,11+,12+,15?/m1/s1. The number of rotatable bonds is 13. The Balaban J connectivity index is 2.45. The number of Topliss-reactive ketones (excluding diaryl/α,β-unsaturated/α-hetero) is 1. The lowest BCUT2D eigenvalue weighted by atomic mass is 9.96. The van der Waals surface area contributed by atoms with E-state index in [9.17, 15) is 34.4 Å². The Kier molecular flexibility index (Phi) is 10.5. The topological polar surface area (TPSA) is 179 Å². The SMILES string of the molecule is C[C@@H](C(=O)N1CCC[C@H]1C(=O)O)C(S)C(=O)[C@@H](N)CC(=O)OCCCCO[N+](=O)[O-]. The number of unbranched alkanes of at least 4 members (excludes halogenated alkanes) is 1. The van der Waals surface area contributed by atoms with Crippen molar-refractivity contribution in [2.45, 2.75) is 56.4 Å². The largest absolute Gasteiger partial charge is 0.480 e. The second-order valence-electron chi connectivity index (χ2n) is 6.96. The minimum atomic E-state index is -1.23. The van der Waals surface area contributed by atoms with Crippen LogP contribution in [-0.2, 0) is 28.8 Å². The Bertz CT molecular complexity index is 660. The lowest BCUT2D eigenvalue weighted by Gasteiger charge is -2.27. The molecule has 0 aromatic heterocycles. The van der Waals surface area contributed by atoms with Crippen molar-refractivity contribution in [1.82, 2.24) is 4.90 Å². The molecule has 1 amide bonds. The van der Waals surface area contributed by atoms with Crippen LogP contribution >= 0.6 is 12.6 Å². The Labute approximate surface area is 178 Å². The number of amides is 1. The number of hydrogen-bond acceptors (Lipinski definition) is 10. The van der Waals surface area contributed by atoms with Gasteiger partial charge in [-0.3, -0.25) is 14.4 Å². The van der Waals surface area contributed by atoms with Gasteiger partial charge in [-0.05, 0) is 25.7 Å². The first-order valence-corrected chi connectivity index (χ1v) is 10.0. The summed E-state index contributed by atoms with van der Waals surface area (Å²) in [6.07, 6.45) is 1.14. The first-order valence-electron chi connectivity index (χ1n) is 9.49. The Morgan fingerprint density at radius 3 is 2.53 bits per heavy atom. The van der Waals surface area contributed by atoms with E-state index >= 15 is 0 Å². The van der Waals surface area contributed by atoms with Gasteiger partial charge in [0.25, 0.3) is 5.09 Å². The minimum absolute atomic E-state index is 0.00839. The second kappa shape index (κ2) is 12.3. The molecule has 1 rings (SSSR count). The molecule has 1 aliphatic heterocycles. The average molecular weight is 449 g/mol. The molecule has 12 nitrogen and oxygen atoms in total. The molecule has 1 fully saturated rings. The summed E-state index contributed by atoms with van der Waals surface area (Å²) in [5, 5.41) is 17.2. The fraction of sp³-hybridized carbons (Fsp3) is 0.765. The lowest BCUT2D eigenvalue weighted by Crippen LogP contribution is -2.48. The number of carbonyl (C=O) groups excluding carboxylic acids is 3. The molecule has 0 aromatic carbocycles. The van der Waals surface area contributed by atoms with Crippen LogP contribution in [0.2, 0.25) is 0 Å². The van der Waals surface area contributed by atoms with Crippen LogP contribution in [0.3, 0.4) is 0 Å². The molecular weight excluding hydrogens is 422 g/mol. The van der Waals surface area contributed by atoms with Gasteiger partial charge in [0.1, 0.15) is 6.04 Å². The van der Waals surface area contributed by atoms with Crippen LogP contribution < -0.4 is 5.73 Å². The molecule has 1 heterocycles. The van der Waals surface area contributed by atoms with Gasteiger partial charge >= 0.3 is 11.9 Å². The third-order valence-corrected chi connectivity index (χ3v) is 5.43. The van der Waals surface area contributed by atoms with Crippen LogP contribution in [0.1, 0.15) is 39.0 Å². The van der Waals surface area contributed by atoms with Crippen molar-refractivity contribution in [3.05, 3.63) is 10.1 Å². The van der Waals surface area contributed by atoms with E-state index in [0.717, 1.165) is 0 Å². The lowest BCUT2D eigenvalue weighted by molar-refractivity contribution is -0.757. The van der Waals surface area contributed by atoms with Gasteiger partial charge in [-0.1, -0.05) is 6.92 Å². The van der Waals surface area contributed by atoms with Gasteiger partial charge < -0.3 is 25.3 Å². The van der Waals surface area contributed by atoms with Gasteiger partial charge in [0.15, 0.2) is 5.78 Å². The molecule has 1 aliphatic rings. The fourth-order valence-corrected chi connectivity index (χ4v) is 3.34. The van der Waals surface area contributed by atoms with Crippen molar-refractivity contribution < 1.29 is 38.9 Å². The van der Waals surface area contributed by atoms with E-state index in [1.165, 1.54) is 11.8 Å². The summed E-state index contributed by atoms with van der Waals surface area (Å²) in [6.45, 7) is 1.63. The number of nitrogens with two attached hydrogens (primary N) is 1. The van der Waals surface area contributed by atoms with E-state index < -0.39 is 58.4 Å². The van der Waals surface area contributed by atoms with Crippen LogP contribution in [0.4, 0.5) is 0 Å². The minimum Gasteiger partial charge on any atom is -0.480 e. The molecule has 170 valence electrons. The highest BCUT2D eigenvalue weighted by atomic mass is 32.1. The van der Waals surface area contributed by atoms with Gasteiger partial charge in [0.2, 0.25) is 5.91 Å².